The van der Waals surface area contributed by atoms with Crippen molar-refractivity contribution in [3.8, 4) is 5.75 Å². The van der Waals surface area contributed by atoms with E-state index in [9.17, 15) is 14.4 Å². The number of carbonyl (C=O) groups excluding carboxylic acids is 3. The number of hydrogen-bond donors (Lipinski definition) is 4. The van der Waals surface area contributed by atoms with Crippen molar-refractivity contribution in [2.45, 2.75) is 65.6 Å². The molecular weight excluding hydrogens is 516 g/mol. The van der Waals surface area contributed by atoms with Crippen molar-refractivity contribution < 1.29 is 19.1 Å². The summed E-state index contributed by atoms with van der Waals surface area (Å²) in [5.41, 5.74) is 2.74. The second kappa shape index (κ2) is 12.0. The SMILES string of the molecule is CC[C@@H](C[C@@H](C)NC(=O)CNC)NC(=O)c1sc2nccc3c2c1NC(=O)N3c1ccc(OC(C)C)cc1C. The van der Waals surface area contributed by atoms with Gasteiger partial charge < -0.3 is 26.0 Å². The van der Waals surface area contributed by atoms with E-state index in [2.05, 4.69) is 26.3 Å². The molecule has 1 aliphatic heterocycles. The Bertz CT molecular complexity index is 1390. The van der Waals surface area contributed by atoms with Gasteiger partial charge in [-0.3, -0.25) is 14.5 Å². The topological polar surface area (TPSA) is 125 Å². The number of hydrogen-bond acceptors (Lipinski definition) is 7. The summed E-state index contributed by atoms with van der Waals surface area (Å²) >= 11 is 1.25. The molecule has 0 radical (unpaired) electrons. The van der Waals surface area contributed by atoms with Crippen molar-refractivity contribution in [1.82, 2.24) is 20.9 Å². The Balaban J connectivity index is 1.61. The Kier molecular flexibility index (Phi) is 8.71. The maximum atomic E-state index is 13.5. The molecule has 1 aromatic carbocycles. The first-order chi connectivity index (χ1) is 18.6. The maximum absolute atomic E-state index is 13.5. The van der Waals surface area contributed by atoms with Gasteiger partial charge in [0.1, 0.15) is 15.5 Å². The van der Waals surface area contributed by atoms with Gasteiger partial charge in [0.2, 0.25) is 5.91 Å². The number of nitrogens with zero attached hydrogens (tertiary/aromatic N) is 2. The number of benzene rings is 1. The van der Waals surface area contributed by atoms with Gasteiger partial charge in [-0.15, -0.1) is 11.3 Å². The summed E-state index contributed by atoms with van der Waals surface area (Å²) < 4.78 is 5.81. The van der Waals surface area contributed by atoms with Crippen LogP contribution in [0.25, 0.3) is 10.2 Å². The van der Waals surface area contributed by atoms with Crippen molar-refractivity contribution in [3.63, 3.8) is 0 Å². The molecule has 11 heteroatoms. The summed E-state index contributed by atoms with van der Waals surface area (Å²) in [4.78, 5) is 46.0. The molecule has 3 heterocycles. The molecule has 4 rings (SSSR count). The first kappa shape index (κ1) is 28.3. The van der Waals surface area contributed by atoms with Crippen molar-refractivity contribution in [3.05, 3.63) is 40.9 Å². The Morgan fingerprint density at radius 1 is 1.15 bits per heavy atom. The Morgan fingerprint density at radius 3 is 2.59 bits per heavy atom. The Labute approximate surface area is 232 Å². The molecule has 39 heavy (non-hydrogen) atoms. The highest BCUT2D eigenvalue weighted by molar-refractivity contribution is 7.21. The minimum absolute atomic E-state index is 0.0407. The standard InChI is InChI=1S/C28H36N6O4S/c1-7-18(13-17(5)31-22(35)14-29-6)32-26(36)25-24-23-21(10-11-30-27(23)39-25)34(28(37)33-24)20-9-8-19(12-16(20)4)38-15(2)3/h8-12,15,17-18,29H,7,13-14H2,1-6H3,(H,31,35)(H,32,36)(H,33,37)/t17-,18+/m1/s1. The molecule has 0 aliphatic carbocycles. The lowest BCUT2D eigenvalue weighted by molar-refractivity contribution is -0.120. The van der Waals surface area contributed by atoms with E-state index in [1.165, 1.54) is 11.3 Å². The van der Waals surface area contributed by atoms with E-state index in [0.29, 0.717) is 33.9 Å². The van der Waals surface area contributed by atoms with Crippen molar-refractivity contribution in [2.24, 2.45) is 0 Å². The zero-order valence-corrected chi connectivity index (χ0v) is 24.0. The smallest absolute Gasteiger partial charge is 0.331 e. The summed E-state index contributed by atoms with van der Waals surface area (Å²) in [6.07, 6.45) is 2.97. The maximum Gasteiger partial charge on any atom is 0.331 e. The number of aryl methyl sites for hydroxylation is 1. The lowest BCUT2D eigenvalue weighted by Crippen LogP contribution is -2.43. The second-order valence-electron chi connectivity index (χ2n) is 10.0. The zero-order chi connectivity index (χ0) is 28.3. The van der Waals surface area contributed by atoms with Crippen molar-refractivity contribution in [1.29, 1.82) is 0 Å². The van der Waals surface area contributed by atoms with Crippen LogP contribution >= 0.6 is 11.3 Å². The number of likely N-dealkylation sites (N-methyl/N-ethyl adjacent to an activating group) is 1. The molecule has 2 aromatic heterocycles. The fourth-order valence-corrected chi connectivity index (χ4v) is 5.78. The number of carbonyl (C=O) groups is 3. The van der Waals surface area contributed by atoms with Crippen LogP contribution in [0.4, 0.5) is 21.9 Å². The molecule has 208 valence electrons. The minimum atomic E-state index is -0.351. The van der Waals surface area contributed by atoms with E-state index >= 15 is 0 Å². The molecule has 0 fully saturated rings. The zero-order valence-electron chi connectivity index (χ0n) is 23.2. The van der Waals surface area contributed by atoms with Crippen LogP contribution in [0.5, 0.6) is 5.75 Å². The summed E-state index contributed by atoms with van der Waals surface area (Å²) in [6.45, 7) is 10.0. The number of rotatable bonds is 11. The quantitative estimate of drug-likeness (QED) is 0.273. The number of aromatic nitrogens is 1. The normalized spacial score (nSPS) is 14.2. The average Bonchev–Trinajstić information content (AvgIpc) is 3.24. The lowest BCUT2D eigenvalue weighted by atomic mass is 10.1. The third-order valence-corrected chi connectivity index (χ3v) is 7.54. The molecule has 0 unspecified atom stereocenters. The van der Waals surface area contributed by atoms with E-state index in [1.54, 1.807) is 24.2 Å². The number of amides is 4. The van der Waals surface area contributed by atoms with Crippen LogP contribution < -0.4 is 30.9 Å². The van der Waals surface area contributed by atoms with Crippen LogP contribution in [0.2, 0.25) is 0 Å². The van der Waals surface area contributed by atoms with Crippen LogP contribution in [0.15, 0.2) is 30.5 Å². The Hall–Kier alpha value is -3.70. The molecule has 0 spiro atoms. The van der Waals surface area contributed by atoms with Gasteiger partial charge in [0.25, 0.3) is 5.91 Å². The number of anilines is 3. The van der Waals surface area contributed by atoms with E-state index < -0.39 is 0 Å². The van der Waals surface area contributed by atoms with Gasteiger partial charge in [-0.25, -0.2) is 9.78 Å². The molecule has 0 saturated heterocycles. The van der Waals surface area contributed by atoms with Crippen LogP contribution in [0, 0.1) is 6.92 Å². The van der Waals surface area contributed by atoms with Crippen molar-refractivity contribution >= 4 is 56.5 Å². The highest BCUT2D eigenvalue weighted by Gasteiger charge is 2.33. The number of urea groups is 1. The van der Waals surface area contributed by atoms with E-state index in [-0.39, 0.29) is 42.6 Å². The van der Waals surface area contributed by atoms with E-state index in [4.69, 9.17) is 4.74 Å². The molecule has 3 aromatic rings. The van der Waals surface area contributed by atoms with Gasteiger partial charge in [0.15, 0.2) is 0 Å². The van der Waals surface area contributed by atoms with Crippen LogP contribution in [-0.2, 0) is 4.79 Å². The number of thiophene rings is 1. The molecule has 2 atom stereocenters. The largest absolute Gasteiger partial charge is 0.491 e. The highest BCUT2D eigenvalue weighted by atomic mass is 32.1. The van der Waals surface area contributed by atoms with Crippen LogP contribution in [0.1, 0.15) is 55.8 Å². The average molecular weight is 553 g/mol. The fourth-order valence-electron chi connectivity index (χ4n) is 4.76. The van der Waals surface area contributed by atoms with Gasteiger partial charge in [0.05, 0.1) is 35.1 Å². The molecule has 4 amide bonds. The molecule has 0 saturated carbocycles. The molecule has 0 bridgehead atoms. The first-order valence-electron chi connectivity index (χ1n) is 13.2. The number of ether oxygens (including phenoxy) is 1. The first-order valence-corrected chi connectivity index (χ1v) is 14.0. The second-order valence-corrected chi connectivity index (χ2v) is 11.0. The minimum Gasteiger partial charge on any atom is -0.491 e. The van der Waals surface area contributed by atoms with E-state index in [0.717, 1.165) is 22.4 Å². The van der Waals surface area contributed by atoms with E-state index in [1.807, 2.05) is 52.8 Å². The summed E-state index contributed by atoms with van der Waals surface area (Å²) in [6, 6.07) is 6.80. The predicted molar refractivity (Wildman–Crippen MR) is 155 cm³/mol. The van der Waals surface area contributed by atoms with Gasteiger partial charge >= 0.3 is 6.03 Å². The lowest BCUT2D eigenvalue weighted by Gasteiger charge is -2.30. The highest BCUT2D eigenvalue weighted by Crippen LogP contribution is 2.46. The van der Waals surface area contributed by atoms with Gasteiger partial charge in [-0.2, -0.15) is 0 Å². The van der Waals surface area contributed by atoms with Gasteiger partial charge in [-0.05, 0) is 77.4 Å². The monoisotopic (exact) mass is 552 g/mol. The number of pyridine rings is 1. The van der Waals surface area contributed by atoms with Crippen LogP contribution in [-0.4, -0.2) is 54.6 Å². The fraction of sp³-hybridized carbons (Fsp3) is 0.429. The summed E-state index contributed by atoms with van der Waals surface area (Å²) in [7, 11) is 1.72. The summed E-state index contributed by atoms with van der Waals surface area (Å²) in [5, 5.41) is 12.5. The van der Waals surface area contributed by atoms with Crippen molar-refractivity contribution in [2.75, 3.05) is 23.8 Å². The third kappa shape index (κ3) is 6.15. The third-order valence-electron chi connectivity index (χ3n) is 6.44. The molecule has 4 N–H and O–H groups in total. The predicted octanol–water partition coefficient (Wildman–Crippen LogP) is 4.70. The molecular formula is C28H36N6O4S. The van der Waals surface area contributed by atoms with Gasteiger partial charge in [-0.1, -0.05) is 6.92 Å². The Morgan fingerprint density at radius 2 is 1.92 bits per heavy atom. The van der Waals surface area contributed by atoms with Crippen LogP contribution in [0.3, 0.4) is 0 Å². The van der Waals surface area contributed by atoms with Gasteiger partial charge in [0, 0.05) is 18.3 Å². The molecule has 1 aliphatic rings. The summed E-state index contributed by atoms with van der Waals surface area (Å²) in [5.74, 6) is 0.364. The number of nitrogens with one attached hydrogen (secondary N) is 4. The molecule has 10 nitrogen and oxygen atoms in total.